The number of benzene rings is 2. The summed E-state index contributed by atoms with van der Waals surface area (Å²) in [6, 6.07) is 11.2. The number of nitrogens with zero attached hydrogens (tertiary/aromatic N) is 1. The molecule has 3 nitrogen and oxygen atoms in total. The third-order valence-electron chi connectivity index (χ3n) is 4.52. The number of alkyl halides is 3. The van der Waals surface area contributed by atoms with Crippen molar-refractivity contribution >= 4 is 0 Å². The molecule has 0 aromatic heterocycles. The Balaban J connectivity index is 1.83. The Kier molecular flexibility index (Phi) is 5.53. The summed E-state index contributed by atoms with van der Waals surface area (Å²) >= 11 is 0. The fourth-order valence-corrected chi connectivity index (χ4v) is 3.17. The Morgan fingerprint density at radius 2 is 1.96 bits per heavy atom. The van der Waals surface area contributed by atoms with Gasteiger partial charge in [0.2, 0.25) is 0 Å². The van der Waals surface area contributed by atoms with Crippen LogP contribution in [0.25, 0.3) is 0 Å². The zero-order valence-corrected chi connectivity index (χ0v) is 14.9. The lowest BCUT2D eigenvalue weighted by Crippen LogP contribution is -2.30. The largest absolute Gasteiger partial charge is 0.492 e. The molecule has 6 heteroatoms. The molecule has 0 bridgehead atoms. The van der Waals surface area contributed by atoms with E-state index in [1.165, 1.54) is 12.1 Å². The number of fused-ring (bicyclic) bond motifs is 1. The van der Waals surface area contributed by atoms with Crippen LogP contribution in [0.2, 0.25) is 0 Å². The van der Waals surface area contributed by atoms with Crippen LogP contribution < -0.4 is 10.1 Å². The summed E-state index contributed by atoms with van der Waals surface area (Å²) in [4.78, 5) is 2.05. The highest BCUT2D eigenvalue weighted by atomic mass is 19.4. The third-order valence-corrected chi connectivity index (χ3v) is 4.52. The van der Waals surface area contributed by atoms with E-state index in [2.05, 4.69) is 5.32 Å². The molecule has 0 radical (unpaired) electrons. The molecule has 0 spiro atoms. The maximum Gasteiger partial charge on any atom is 0.416 e. The van der Waals surface area contributed by atoms with E-state index >= 15 is 0 Å². The second kappa shape index (κ2) is 7.68. The Hall–Kier alpha value is -2.05. The van der Waals surface area contributed by atoms with Crippen molar-refractivity contribution in [2.75, 3.05) is 33.8 Å². The van der Waals surface area contributed by atoms with Crippen LogP contribution in [0.3, 0.4) is 0 Å². The van der Waals surface area contributed by atoms with Gasteiger partial charge in [-0.05, 0) is 61.5 Å². The van der Waals surface area contributed by atoms with Crippen molar-refractivity contribution in [2.24, 2.45) is 0 Å². The molecule has 1 aliphatic heterocycles. The van der Waals surface area contributed by atoms with Crippen molar-refractivity contribution in [3.63, 3.8) is 0 Å². The van der Waals surface area contributed by atoms with Crippen molar-refractivity contribution in [3.05, 3.63) is 64.7 Å². The number of hydrogen-bond acceptors (Lipinski definition) is 3. The molecule has 26 heavy (non-hydrogen) atoms. The number of nitrogens with one attached hydrogen (secondary N) is 1. The van der Waals surface area contributed by atoms with Gasteiger partial charge < -0.3 is 15.0 Å². The molecule has 1 aliphatic rings. The molecule has 1 atom stereocenters. The fourth-order valence-electron chi connectivity index (χ4n) is 3.17. The number of ether oxygens (including phenoxy) is 1. The fraction of sp³-hybridized carbons (Fsp3) is 0.400. The maximum absolute atomic E-state index is 13.0. The van der Waals surface area contributed by atoms with Gasteiger partial charge in [0.05, 0.1) is 11.6 Å². The molecule has 1 unspecified atom stereocenters. The Labute approximate surface area is 151 Å². The Morgan fingerprint density at radius 3 is 2.69 bits per heavy atom. The summed E-state index contributed by atoms with van der Waals surface area (Å²) < 4.78 is 44.8. The van der Waals surface area contributed by atoms with Gasteiger partial charge in [-0.3, -0.25) is 0 Å². The van der Waals surface area contributed by atoms with Gasteiger partial charge in [-0.15, -0.1) is 0 Å². The molecule has 0 amide bonds. The summed E-state index contributed by atoms with van der Waals surface area (Å²) in [5.41, 5.74) is 2.14. The van der Waals surface area contributed by atoms with Gasteiger partial charge in [0.15, 0.2) is 0 Å². The summed E-state index contributed by atoms with van der Waals surface area (Å²) in [5, 5.41) is 3.33. The van der Waals surface area contributed by atoms with Gasteiger partial charge in [-0.1, -0.05) is 18.2 Å². The third kappa shape index (κ3) is 4.37. The van der Waals surface area contributed by atoms with Crippen LogP contribution in [0, 0.1) is 0 Å². The van der Waals surface area contributed by atoms with E-state index in [-0.39, 0.29) is 6.04 Å². The number of hydrogen-bond donors (Lipinski definition) is 1. The molecule has 0 saturated carbocycles. The van der Waals surface area contributed by atoms with Crippen LogP contribution in [0.1, 0.15) is 28.3 Å². The van der Waals surface area contributed by atoms with E-state index in [1.54, 1.807) is 6.07 Å². The molecule has 0 aliphatic carbocycles. The van der Waals surface area contributed by atoms with Crippen LogP contribution in [-0.2, 0) is 12.6 Å². The zero-order chi connectivity index (χ0) is 18.7. The first-order valence-electron chi connectivity index (χ1n) is 8.65. The highest BCUT2D eigenvalue weighted by Gasteiger charge is 2.31. The number of rotatable bonds is 5. The summed E-state index contributed by atoms with van der Waals surface area (Å²) in [7, 11) is 3.98. The van der Waals surface area contributed by atoms with Gasteiger partial charge in [-0.25, -0.2) is 0 Å². The predicted molar refractivity (Wildman–Crippen MR) is 95.5 cm³/mol. The molecule has 2 aromatic carbocycles. The minimum absolute atomic E-state index is 0.239. The van der Waals surface area contributed by atoms with Crippen LogP contribution in [0.4, 0.5) is 13.2 Å². The molecule has 1 heterocycles. The van der Waals surface area contributed by atoms with E-state index in [9.17, 15) is 13.2 Å². The lowest BCUT2D eigenvalue weighted by molar-refractivity contribution is -0.137. The van der Waals surface area contributed by atoms with Crippen molar-refractivity contribution in [2.45, 2.75) is 18.6 Å². The first-order chi connectivity index (χ1) is 12.3. The van der Waals surface area contributed by atoms with Gasteiger partial charge >= 0.3 is 6.18 Å². The van der Waals surface area contributed by atoms with E-state index in [0.29, 0.717) is 12.2 Å². The predicted octanol–water partition coefficient (Wildman–Crippen LogP) is 3.88. The number of likely N-dealkylation sites (N-methyl/N-ethyl adjacent to an activating group) is 1. The zero-order valence-electron chi connectivity index (χ0n) is 14.9. The van der Waals surface area contributed by atoms with Gasteiger partial charge in [0.25, 0.3) is 0 Å². The van der Waals surface area contributed by atoms with E-state index in [0.717, 1.165) is 42.5 Å². The molecular formula is C20H23F3N2O. The molecule has 1 N–H and O–H groups in total. The SMILES string of the molecule is CN(C)CCOc1ccc2c(c1)CCNC2c1cccc(C(F)(F)F)c1. The van der Waals surface area contributed by atoms with Crippen LogP contribution in [0.5, 0.6) is 5.75 Å². The molecule has 3 rings (SSSR count). The highest BCUT2D eigenvalue weighted by Crippen LogP contribution is 2.35. The van der Waals surface area contributed by atoms with Crippen molar-refractivity contribution in [3.8, 4) is 5.75 Å². The van der Waals surface area contributed by atoms with Crippen LogP contribution in [-0.4, -0.2) is 38.7 Å². The van der Waals surface area contributed by atoms with E-state index in [4.69, 9.17) is 4.74 Å². The van der Waals surface area contributed by atoms with Crippen molar-refractivity contribution in [1.29, 1.82) is 0 Å². The first kappa shape index (κ1) is 18.7. The van der Waals surface area contributed by atoms with Crippen molar-refractivity contribution < 1.29 is 17.9 Å². The topological polar surface area (TPSA) is 24.5 Å². The molecule has 0 fully saturated rings. The second-order valence-corrected chi connectivity index (χ2v) is 6.77. The first-order valence-corrected chi connectivity index (χ1v) is 8.65. The van der Waals surface area contributed by atoms with E-state index < -0.39 is 11.7 Å². The average Bonchev–Trinajstić information content (AvgIpc) is 2.60. The lowest BCUT2D eigenvalue weighted by atomic mass is 9.89. The quantitative estimate of drug-likeness (QED) is 0.871. The monoisotopic (exact) mass is 364 g/mol. The Morgan fingerprint density at radius 1 is 1.15 bits per heavy atom. The van der Waals surface area contributed by atoms with Gasteiger partial charge in [-0.2, -0.15) is 13.2 Å². The summed E-state index contributed by atoms with van der Waals surface area (Å²) in [6.07, 6.45) is -3.51. The van der Waals surface area contributed by atoms with Gasteiger partial charge in [0.1, 0.15) is 12.4 Å². The van der Waals surface area contributed by atoms with Crippen molar-refractivity contribution in [1.82, 2.24) is 10.2 Å². The molecule has 2 aromatic rings. The molecule has 140 valence electrons. The second-order valence-electron chi connectivity index (χ2n) is 6.77. The summed E-state index contributed by atoms with van der Waals surface area (Å²) in [6.45, 7) is 2.14. The standard InChI is InChI=1S/C20H23F3N2O/c1-25(2)10-11-26-17-6-7-18-14(13-17)8-9-24-19(18)15-4-3-5-16(12-15)20(21,22)23/h3-7,12-13,19,24H,8-11H2,1-2H3. The molecular weight excluding hydrogens is 341 g/mol. The summed E-state index contributed by atoms with van der Waals surface area (Å²) in [5.74, 6) is 0.801. The van der Waals surface area contributed by atoms with Crippen LogP contribution in [0.15, 0.2) is 42.5 Å². The van der Waals surface area contributed by atoms with Crippen LogP contribution >= 0.6 is 0 Å². The lowest BCUT2D eigenvalue weighted by Gasteiger charge is -2.28. The average molecular weight is 364 g/mol. The number of halogens is 3. The minimum atomic E-state index is -4.34. The highest BCUT2D eigenvalue weighted by molar-refractivity contribution is 5.44. The maximum atomic E-state index is 13.0. The smallest absolute Gasteiger partial charge is 0.416 e. The Bertz CT molecular complexity index is 759. The normalized spacial score (nSPS) is 17.2. The van der Waals surface area contributed by atoms with Gasteiger partial charge in [0, 0.05) is 13.1 Å². The van der Waals surface area contributed by atoms with E-state index in [1.807, 2.05) is 37.2 Å². The minimum Gasteiger partial charge on any atom is -0.492 e. The molecule has 0 saturated heterocycles.